The molecule has 2 aliphatic heterocycles. The molecule has 2 fully saturated rings. The molecule has 0 bridgehead atoms. The van der Waals surface area contributed by atoms with Gasteiger partial charge >= 0.3 is 0 Å². The van der Waals surface area contributed by atoms with E-state index >= 15 is 0 Å². The van der Waals surface area contributed by atoms with E-state index in [2.05, 4.69) is 48.8 Å². The summed E-state index contributed by atoms with van der Waals surface area (Å²) in [5, 5.41) is 0. The SMILES string of the molecule is COc1ccc(C(C)CC2CN(C3COC3)CCN2C(=O)c2ccc(C(C)C)cc2OC)cc1. The molecule has 6 heteroatoms. The van der Waals surface area contributed by atoms with Crippen LogP contribution in [0.1, 0.15) is 60.5 Å². The van der Waals surface area contributed by atoms with Crippen LogP contribution in [0.4, 0.5) is 0 Å². The summed E-state index contributed by atoms with van der Waals surface area (Å²) in [4.78, 5) is 18.4. The zero-order valence-electron chi connectivity index (χ0n) is 21.1. The number of benzene rings is 2. The van der Waals surface area contributed by atoms with E-state index in [4.69, 9.17) is 14.2 Å². The third-order valence-corrected chi connectivity index (χ3v) is 7.35. The van der Waals surface area contributed by atoms with Gasteiger partial charge in [0.05, 0.1) is 39.0 Å². The van der Waals surface area contributed by atoms with E-state index in [1.54, 1.807) is 14.2 Å². The number of amides is 1. The number of hydrogen-bond acceptors (Lipinski definition) is 5. The maximum atomic E-state index is 13.8. The second-order valence-corrected chi connectivity index (χ2v) is 9.86. The van der Waals surface area contributed by atoms with Crippen LogP contribution < -0.4 is 9.47 Å². The lowest BCUT2D eigenvalue weighted by Gasteiger charge is -2.47. The van der Waals surface area contributed by atoms with Gasteiger partial charge in [0, 0.05) is 25.7 Å². The summed E-state index contributed by atoms with van der Waals surface area (Å²) in [5.74, 6) is 2.27. The van der Waals surface area contributed by atoms with Crippen LogP contribution >= 0.6 is 0 Å². The van der Waals surface area contributed by atoms with Gasteiger partial charge in [-0.05, 0) is 53.6 Å². The van der Waals surface area contributed by atoms with Crippen LogP contribution in [0.5, 0.6) is 11.5 Å². The predicted octanol–water partition coefficient (Wildman–Crippen LogP) is 4.55. The summed E-state index contributed by atoms with van der Waals surface area (Å²) in [5.41, 5.74) is 3.08. The second-order valence-electron chi connectivity index (χ2n) is 9.86. The molecule has 2 heterocycles. The lowest BCUT2D eigenvalue weighted by molar-refractivity contribution is -0.0834. The largest absolute Gasteiger partial charge is 0.497 e. The Bertz CT molecular complexity index is 971. The van der Waals surface area contributed by atoms with Gasteiger partial charge in [-0.1, -0.05) is 39.0 Å². The van der Waals surface area contributed by atoms with Gasteiger partial charge in [-0.25, -0.2) is 0 Å². The molecular formula is C28H38N2O4. The minimum absolute atomic E-state index is 0.0589. The van der Waals surface area contributed by atoms with E-state index in [1.807, 2.05) is 24.3 Å². The van der Waals surface area contributed by atoms with Gasteiger partial charge in [-0.15, -0.1) is 0 Å². The van der Waals surface area contributed by atoms with Crippen molar-refractivity contribution in [3.05, 3.63) is 59.2 Å². The van der Waals surface area contributed by atoms with Crippen LogP contribution in [0.3, 0.4) is 0 Å². The molecule has 2 aliphatic rings. The standard InChI is InChI=1S/C28H38N2O4/c1-19(2)22-8-11-26(27(15-22)33-5)28(31)30-13-12-29(24-17-34-18-24)16-23(30)14-20(3)21-6-9-25(32-4)10-7-21/h6-11,15,19-20,23-24H,12-14,16-18H2,1-5H3. The van der Waals surface area contributed by atoms with Crippen molar-refractivity contribution in [1.82, 2.24) is 9.80 Å². The smallest absolute Gasteiger partial charge is 0.257 e. The zero-order valence-corrected chi connectivity index (χ0v) is 21.1. The number of carbonyl (C=O) groups excluding carboxylic acids is 1. The number of carbonyl (C=O) groups is 1. The molecule has 184 valence electrons. The Hall–Kier alpha value is -2.57. The minimum atomic E-state index is 0.0589. The van der Waals surface area contributed by atoms with E-state index in [0.29, 0.717) is 35.7 Å². The molecule has 0 radical (unpaired) electrons. The van der Waals surface area contributed by atoms with Crippen molar-refractivity contribution in [3.8, 4) is 11.5 Å². The molecule has 2 saturated heterocycles. The number of rotatable bonds is 8. The first-order chi connectivity index (χ1) is 16.4. The topological polar surface area (TPSA) is 51.2 Å². The molecule has 2 aromatic rings. The van der Waals surface area contributed by atoms with Gasteiger partial charge in [0.15, 0.2) is 0 Å². The molecule has 6 nitrogen and oxygen atoms in total. The summed E-state index contributed by atoms with van der Waals surface area (Å²) in [6.45, 7) is 10.6. The Kier molecular flexibility index (Phi) is 7.79. The lowest BCUT2D eigenvalue weighted by atomic mass is 9.91. The molecule has 0 saturated carbocycles. The molecule has 2 unspecified atom stereocenters. The van der Waals surface area contributed by atoms with Crippen LogP contribution in [0, 0.1) is 0 Å². The normalized spacial score (nSPS) is 20.2. The van der Waals surface area contributed by atoms with Gasteiger partial charge in [0.25, 0.3) is 5.91 Å². The maximum Gasteiger partial charge on any atom is 0.257 e. The highest BCUT2D eigenvalue weighted by atomic mass is 16.5. The van der Waals surface area contributed by atoms with E-state index in [1.165, 1.54) is 11.1 Å². The van der Waals surface area contributed by atoms with Crippen LogP contribution in [0.25, 0.3) is 0 Å². The Morgan fingerprint density at radius 3 is 2.29 bits per heavy atom. The Morgan fingerprint density at radius 1 is 1.00 bits per heavy atom. The summed E-state index contributed by atoms with van der Waals surface area (Å²) < 4.78 is 16.4. The fourth-order valence-electron chi connectivity index (χ4n) is 4.99. The third kappa shape index (κ3) is 5.23. The van der Waals surface area contributed by atoms with E-state index in [0.717, 1.165) is 38.5 Å². The molecule has 0 aromatic heterocycles. The summed E-state index contributed by atoms with van der Waals surface area (Å²) >= 11 is 0. The molecule has 4 rings (SSSR count). The van der Waals surface area contributed by atoms with Crippen molar-refractivity contribution in [2.24, 2.45) is 0 Å². The van der Waals surface area contributed by atoms with E-state index in [-0.39, 0.29) is 11.9 Å². The maximum absolute atomic E-state index is 13.8. The van der Waals surface area contributed by atoms with Crippen LogP contribution in [0.2, 0.25) is 0 Å². The van der Waals surface area contributed by atoms with Crippen LogP contribution in [-0.4, -0.2) is 74.9 Å². The molecule has 0 aliphatic carbocycles. The summed E-state index contributed by atoms with van der Waals surface area (Å²) in [6, 6.07) is 14.9. The summed E-state index contributed by atoms with van der Waals surface area (Å²) in [6.07, 6.45) is 0.897. The van der Waals surface area contributed by atoms with E-state index in [9.17, 15) is 4.79 Å². The first-order valence-corrected chi connectivity index (χ1v) is 12.4. The molecule has 2 atom stereocenters. The monoisotopic (exact) mass is 466 g/mol. The van der Waals surface area contributed by atoms with E-state index < -0.39 is 0 Å². The number of hydrogen-bond donors (Lipinski definition) is 0. The molecule has 34 heavy (non-hydrogen) atoms. The van der Waals surface area contributed by atoms with Gasteiger partial charge in [-0.3, -0.25) is 9.69 Å². The van der Waals surface area contributed by atoms with Gasteiger partial charge in [0.1, 0.15) is 11.5 Å². The summed E-state index contributed by atoms with van der Waals surface area (Å²) in [7, 11) is 3.33. The predicted molar refractivity (Wildman–Crippen MR) is 134 cm³/mol. The average molecular weight is 467 g/mol. The van der Waals surface area contributed by atoms with Crippen LogP contribution in [0.15, 0.2) is 42.5 Å². The average Bonchev–Trinajstić information content (AvgIpc) is 2.82. The quantitative estimate of drug-likeness (QED) is 0.572. The Balaban J connectivity index is 1.56. The molecule has 2 aromatic carbocycles. The van der Waals surface area contributed by atoms with Crippen molar-refractivity contribution >= 4 is 5.91 Å². The van der Waals surface area contributed by atoms with Crippen molar-refractivity contribution in [2.45, 2.75) is 51.1 Å². The van der Waals surface area contributed by atoms with Gasteiger partial charge < -0.3 is 19.1 Å². The lowest BCUT2D eigenvalue weighted by Crippen LogP contribution is -2.61. The highest BCUT2D eigenvalue weighted by Gasteiger charge is 2.37. The first kappa shape index (κ1) is 24.6. The Morgan fingerprint density at radius 2 is 1.71 bits per heavy atom. The number of ether oxygens (including phenoxy) is 3. The van der Waals surface area contributed by atoms with Crippen molar-refractivity contribution in [2.75, 3.05) is 47.1 Å². The highest BCUT2D eigenvalue weighted by Crippen LogP contribution is 2.31. The second kappa shape index (κ2) is 10.8. The third-order valence-electron chi connectivity index (χ3n) is 7.35. The van der Waals surface area contributed by atoms with Crippen molar-refractivity contribution < 1.29 is 19.0 Å². The zero-order chi connectivity index (χ0) is 24.2. The Labute approximate surface area is 203 Å². The van der Waals surface area contributed by atoms with Crippen molar-refractivity contribution in [1.29, 1.82) is 0 Å². The molecule has 0 N–H and O–H groups in total. The van der Waals surface area contributed by atoms with Gasteiger partial charge in [0.2, 0.25) is 0 Å². The highest BCUT2D eigenvalue weighted by molar-refractivity contribution is 5.97. The van der Waals surface area contributed by atoms with Gasteiger partial charge in [-0.2, -0.15) is 0 Å². The fourth-order valence-corrected chi connectivity index (χ4v) is 4.99. The van der Waals surface area contributed by atoms with Crippen LogP contribution in [-0.2, 0) is 4.74 Å². The molecular weight excluding hydrogens is 428 g/mol. The number of nitrogens with zero attached hydrogens (tertiary/aromatic N) is 2. The van der Waals surface area contributed by atoms with Crippen molar-refractivity contribution in [3.63, 3.8) is 0 Å². The number of methoxy groups -OCH3 is 2. The minimum Gasteiger partial charge on any atom is -0.497 e. The fraction of sp³-hybridized carbons (Fsp3) is 0.536. The molecule has 1 amide bonds. The molecule has 0 spiro atoms. The number of piperazine rings is 1. The first-order valence-electron chi connectivity index (χ1n) is 12.4.